The number of ether oxygens (including phenoxy) is 3. The molecule has 618 valence electrons. The molecule has 116 heavy (non-hydrogen) atoms. The lowest BCUT2D eigenvalue weighted by molar-refractivity contribution is -0.126. The number of thiophene rings is 3. The number of anilines is 3. The second-order valence-corrected chi connectivity index (χ2v) is 34.7. The lowest BCUT2D eigenvalue weighted by atomic mass is 10.0. The molecule has 0 saturated carbocycles. The van der Waals surface area contributed by atoms with Gasteiger partial charge in [-0.25, -0.2) is 29.9 Å². The fourth-order valence-corrected chi connectivity index (χ4v) is 19.1. The summed E-state index contributed by atoms with van der Waals surface area (Å²) < 4.78 is 16.3. The quantitative estimate of drug-likeness (QED) is 0.0271. The minimum atomic E-state index is -0.736. The number of aliphatic hydroxyl groups is 3. The first-order chi connectivity index (χ1) is 55.9. The molecule has 6 aliphatic rings. The predicted octanol–water partition coefficient (Wildman–Crippen LogP) is 13.3. The summed E-state index contributed by atoms with van der Waals surface area (Å²) in [7, 11) is 0. The van der Waals surface area contributed by atoms with Crippen molar-refractivity contribution in [3.05, 3.63) is 188 Å². The summed E-state index contributed by atoms with van der Waals surface area (Å²) in [5.74, 6) is -0.263. The van der Waals surface area contributed by atoms with E-state index in [0.29, 0.717) is 153 Å². The number of aryl methyl sites for hydroxylation is 1. The van der Waals surface area contributed by atoms with Crippen molar-refractivity contribution in [3.63, 3.8) is 0 Å². The summed E-state index contributed by atoms with van der Waals surface area (Å²) in [6, 6.07) is 25.1. The second-order valence-electron chi connectivity index (χ2n) is 29.2. The Kier molecular flexibility index (Phi) is 28.6. The van der Waals surface area contributed by atoms with Gasteiger partial charge in [-0.05, 0) is 125 Å². The van der Waals surface area contributed by atoms with Crippen molar-refractivity contribution in [1.82, 2.24) is 60.6 Å². The molecule has 4 atom stereocenters. The number of nitrogens with zero attached hydrogens (tertiary/aromatic N) is 9. The molecule has 0 bridgehead atoms. The van der Waals surface area contributed by atoms with Crippen molar-refractivity contribution in [2.24, 2.45) is 0 Å². The number of halogens is 5. The Morgan fingerprint density at radius 2 is 0.931 bits per heavy atom. The number of fused-ring (bicyclic) bond motifs is 3. The van der Waals surface area contributed by atoms with Gasteiger partial charge in [-0.2, -0.15) is 0 Å². The van der Waals surface area contributed by atoms with Crippen LogP contribution in [0.15, 0.2) is 110 Å². The van der Waals surface area contributed by atoms with E-state index in [9.17, 15) is 44.1 Å². The third-order valence-electron chi connectivity index (χ3n) is 20.8. The van der Waals surface area contributed by atoms with E-state index in [-0.39, 0.29) is 90.8 Å². The third-order valence-corrected chi connectivity index (χ3v) is 26.0. The second kappa shape index (κ2) is 38.9. The number of hydrogen-bond donors (Lipinski definition) is 9. The molecule has 0 unspecified atom stereocenters. The van der Waals surface area contributed by atoms with E-state index in [1.165, 1.54) is 38.9 Å². The van der Waals surface area contributed by atoms with E-state index in [4.69, 9.17) is 72.2 Å². The number of aromatic nitrogens is 6. The van der Waals surface area contributed by atoms with E-state index in [0.717, 1.165) is 78.9 Å². The molecule has 3 saturated heterocycles. The van der Waals surface area contributed by atoms with Gasteiger partial charge >= 0.3 is 0 Å². The number of rotatable bonds is 24. The number of carbonyl (C=O) groups excluding carboxylic acids is 6. The largest absolute Gasteiger partial charge is 0.394 e. The molecule has 15 rings (SSSR count). The topological polar surface area (TPSA) is 350 Å². The molecule has 6 aromatic heterocycles. The molecule has 3 fully saturated rings. The fourth-order valence-electron chi connectivity index (χ4n) is 14.4. The number of hydrogen-bond acceptors (Lipinski definition) is 24. The number of carbonyl (C=O) groups is 6. The summed E-state index contributed by atoms with van der Waals surface area (Å²) in [6.45, 7) is 11.4. The van der Waals surface area contributed by atoms with Crippen LogP contribution in [0.2, 0.25) is 25.1 Å². The SMILES string of the molecule is CC1(C)c2sc(-c3nc(NC4CCOCC4)ncc3Cl)cc2C(=O)N1CC(=O)N[C@H](CO)c1cccc(Cl)c1.Cc1cccc([C@@H](CO)NC(=O)[C@H](C)N2CCc3sc(-c4nc(NC5CCOCC5)ncc4Cl)cc3C2=O)c1.O=C(CN1CCc2sc(-c3nc(NC4CCOCC4)ncc3Cl)cc2C1=O)N[C@H](CO)c1cccc(Cl)c1.[HH].[HH].[HH]. The molecule has 27 nitrogen and oxygen atoms in total. The molecule has 9 N–H and O–H groups in total. The number of aliphatic hydroxyl groups excluding tert-OH is 3. The minimum Gasteiger partial charge on any atom is -0.394 e. The smallest absolute Gasteiger partial charge is 0.256 e. The Bertz CT molecular complexity index is 5080. The number of amides is 6. The summed E-state index contributed by atoms with van der Waals surface area (Å²) >= 11 is 35.9. The Balaban J connectivity index is 0.000000185. The van der Waals surface area contributed by atoms with Crippen LogP contribution in [0.1, 0.15) is 150 Å². The Labute approximate surface area is 712 Å². The normalized spacial score (nSPS) is 17.3. The van der Waals surface area contributed by atoms with Crippen molar-refractivity contribution in [3.8, 4) is 31.7 Å². The van der Waals surface area contributed by atoms with Crippen LogP contribution in [-0.4, -0.2) is 205 Å². The Morgan fingerprint density at radius 3 is 1.37 bits per heavy atom. The number of nitrogens with one attached hydrogen (secondary N) is 6. The van der Waals surface area contributed by atoms with Gasteiger partial charge in [0.25, 0.3) is 17.7 Å². The molecule has 0 spiro atoms. The van der Waals surface area contributed by atoms with Gasteiger partial charge in [-0.15, -0.1) is 34.0 Å². The van der Waals surface area contributed by atoms with E-state index in [1.54, 1.807) is 96.0 Å². The van der Waals surface area contributed by atoms with Crippen LogP contribution in [0.5, 0.6) is 0 Å². The highest BCUT2D eigenvalue weighted by molar-refractivity contribution is 7.16. The average Bonchev–Trinajstić information content (AvgIpc) is 1.58. The standard InChI is InChI=1S/C28H32ClN5O4S.C27H29Cl2N5O4S.C26H27Cl2N5O4S.3H2/c1-16-4-3-5-18(12-16)22(15-35)32-26(36)17(2)34-9-6-23-20(27(34)37)13-24(39-23)25-21(29)14-30-28(33-25)31-19-7-10-38-11-8-19;1-27(2)24-18(25(37)34(27)13-22(36)32-20(14-35)15-4-3-5-16(28)10-15)11-21(39-24)23-19(29)12-30-26(33-23)31-17-6-8-38-9-7-17;27-16-3-1-2-15(10-16)20(14-34)31-23(35)13-33-7-4-21-18(25(33)36)11-22(38-21)24-19(28)12-29-26(32-24)30-17-5-8-37-9-6-17;;;/h3-5,12-14,17,19,22,35H,6-11,15H2,1-2H3,(H,32,36)(H,30,31,33);3-5,10-12,17,20,35H,6-9,13-14H2,1-2H3,(H,32,36)(H,30,31,33);1-3,10-12,17,20,34H,4-9,13-14H2,(H,31,35)(H,29,30,32);3*1H/t17-,22+;2*20-;;;/m011.../s1. The molecule has 0 aliphatic carbocycles. The zero-order valence-corrected chi connectivity index (χ0v) is 70.2. The van der Waals surface area contributed by atoms with Gasteiger partial charge in [0.05, 0.1) is 115 Å². The monoisotopic (exact) mass is 1740 g/mol. The fraction of sp³-hybridized carbons (Fsp3) is 0.407. The average molecular weight is 1740 g/mol. The Hall–Kier alpha value is -8.57. The van der Waals surface area contributed by atoms with Gasteiger partial charge in [-0.3, -0.25) is 28.8 Å². The van der Waals surface area contributed by atoms with Crippen molar-refractivity contribution in [1.29, 1.82) is 0 Å². The molecule has 6 aliphatic heterocycles. The maximum atomic E-state index is 13.5. The maximum Gasteiger partial charge on any atom is 0.256 e. The summed E-state index contributed by atoms with van der Waals surface area (Å²) in [5, 5.41) is 50.3. The van der Waals surface area contributed by atoms with Gasteiger partial charge < -0.3 is 76.1 Å². The van der Waals surface area contributed by atoms with E-state index in [1.807, 2.05) is 51.1 Å². The van der Waals surface area contributed by atoms with Crippen LogP contribution in [0.3, 0.4) is 0 Å². The minimum absolute atomic E-state index is 0. The van der Waals surface area contributed by atoms with Gasteiger partial charge in [0.2, 0.25) is 35.6 Å². The Morgan fingerprint density at radius 1 is 0.526 bits per heavy atom. The predicted molar refractivity (Wildman–Crippen MR) is 456 cm³/mol. The zero-order chi connectivity index (χ0) is 81.9. The molecule has 12 heterocycles. The van der Waals surface area contributed by atoms with Crippen LogP contribution < -0.4 is 31.9 Å². The number of benzene rings is 3. The van der Waals surface area contributed by atoms with Crippen molar-refractivity contribution >= 4 is 145 Å². The molecular weight excluding hydrogens is 1650 g/mol. The van der Waals surface area contributed by atoms with Gasteiger partial charge in [0.1, 0.15) is 29.7 Å². The van der Waals surface area contributed by atoms with Crippen molar-refractivity contribution in [2.75, 3.05) is 102 Å². The first-order valence-corrected chi connectivity index (χ1v) is 42.5. The molecule has 6 amide bonds. The van der Waals surface area contributed by atoms with Crippen molar-refractivity contribution < 1.29 is 62.6 Å². The van der Waals surface area contributed by atoms with Crippen molar-refractivity contribution in [2.45, 2.75) is 127 Å². The molecule has 0 radical (unpaired) electrons. The summed E-state index contributed by atoms with van der Waals surface area (Å²) in [4.78, 5) is 116. The van der Waals surface area contributed by atoms with E-state index in [2.05, 4.69) is 61.8 Å². The first-order valence-electron chi connectivity index (χ1n) is 38.1. The molecule has 35 heteroatoms. The van der Waals surface area contributed by atoms with Crippen LogP contribution in [0, 0.1) is 6.92 Å². The lowest BCUT2D eigenvalue weighted by Gasteiger charge is -2.32. The zero-order valence-electron chi connectivity index (χ0n) is 63.9. The van der Waals surface area contributed by atoms with Gasteiger partial charge in [0, 0.05) is 113 Å². The lowest BCUT2D eigenvalue weighted by Crippen LogP contribution is -2.51. The first kappa shape index (κ1) is 85.3. The summed E-state index contributed by atoms with van der Waals surface area (Å²) in [5.41, 5.74) is 5.83. The maximum absolute atomic E-state index is 13.5. The summed E-state index contributed by atoms with van der Waals surface area (Å²) in [6.07, 6.45) is 11.2. The molecule has 9 aromatic rings. The molecule has 3 aromatic carbocycles. The van der Waals surface area contributed by atoms with E-state index >= 15 is 0 Å². The third kappa shape index (κ3) is 20.6. The molecular formula is C81H94Cl5N15O12S3. The van der Waals surface area contributed by atoms with Crippen LogP contribution in [0.25, 0.3) is 31.7 Å². The van der Waals surface area contributed by atoms with Gasteiger partial charge in [0.15, 0.2) is 0 Å². The van der Waals surface area contributed by atoms with Crippen LogP contribution in [0.4, 0.5) is 17.8 Å². The van der Waals surface area contributed by atoms with Crippen LogP contribution in [-0.2, 0) is 47.0 Å². The highest BCUT2D eigenvalue weighted by atomic mass is 35.5. The highest BCUT2D eigenvalue weighted by Gasteiger charge is 2.46. The van der Waals surface area contributed by atoms with Gasteiger partial charge in [-0.1, -0.05) is 112 Å². The van der Waals surface area contributed by atoms with Crippen LogP contribution >= 0.6 is 92.0 Å². The van der Waals surface area contributed by atoms with E-state index < -0.39 is 29.7 Å². The highest BCUT2D eigenvalue weighted by Crippen LogP contribution is 2.48.